The van der Waals surface area contributed by atoms with Gasteiger partial charge in [-0.2, -0.15) is 4.57 Å². The maximum Gasteiger partial charge on any atom is 0.213 e. The van der Waals surface area contributed by atoms with Crippen molar-refractivity contribution in [2.75, 3.05) is 21.6 Å². The molecule has 160 valence electrons. The molecule has 0 N–H and O–H groups in total. The van der Waals surface area contributed by atoms with Gasteiger partial charge in [-0.15, -0.1) is 0 Å². The Balaban J connectivity index is 1.66. The first kappa shape index (κ1) is 22.7. The minimum absolute atomic E-state index is 0.193. The van der Waals surface area contributed by atoms with Crippen molar-refractivity contribution in [3.63, 3.8) is 0 Å². The van der Waals surface area contributed by atoms with Crippen LogP contribution in [0.15, 0.2) is 70.7 Å². The SMILES string of the molecule is CC(=O)SCCCN1/C(=C/c2cc[n+](CCCI)c3ccccc23)Sc2ccccc21. The lowest BCUT2D eigenvalue weighted by Crippen LogP contribution is -2.34. The van der Waals surface area contributed by atoms with E-state index in [4.69, 9.17) is 0 Å². The number of benzene rings is 2. The molecule has 0 aliphatic carbocycles. The van der Waals surface area contributed by atoms with Crippen LogP contribution in [0, 0.1) is 0 Å². The number of aromatic nitrogens is 1. The maximum atomic E-state index is 11.3. The monoisotopic (exact) mass is 561 g/mol. The second kappa shape index (κ2) is 10.9. The predicted octanol–water partition coefficient (Wildman–Crippen LogP) is 6.53. The van der Waals surface area contributed by atoms with Crippen LogP contribution in [0.1, 0.15) is 25.3 Å². The lowest BCUT2D eigenvalue weighted by atomic mass is 10.1. The van der Waals surface area contributed by atoms with Crippen LogP contribution in [-0.2, 0) is 11.3 Å². The van der Waals surface area contributed by atoms with Crippen molar-refractivity contribution in [3.05, 3.63) is 71.4 Å². The van der Waals surface area contributed by atoms with Crippen molar-refractivity contribution >= 4 is 73.9 Å². The molecule has 0 fully saturated rings. The molecule has 0 atom stereocenters. The largest absolute Gasteiger partial charge is 0.335 e. The number of hydrogen-bond donors (Lipinski definition) is 0. The first-order valence-electron chi connectivity index (χ1n) is 10.5. The number of alkyl halides is 1. The maximum absolute atomic E-state index is 11.3. The average Bonchev–Trinajstić information content (AvgIpc) is 3.13. The van der Waals surface area contributed by atoms with Crippen molar-refractivity contribution in [2.24, 2.45) is 0 Å². The molecule has 0 saturated heterocycles. The Hall–Kier alpha value is -1.51. The molecule has 0 bridgehead atoms. The number of hydrogen-bond acceptors (Lipinski definition) is 4. The Morgan fingerprint density at radius 1 is 1.13 bits per heavy atom. The highest BCUT2D eigenvalue weighted by Crippen LogP contribution is 2.46. The van der Waals surface area contributed by atoms with E-state index in [1.165, 1.54) is 50.3 Å². The zero-order valence-corrected chi connectivity index (χ0v) is 21.4. The third-order valence-corrected chi connectivity index (χ3v) is 8.01. The summed E-state index contributed by atoms with van der Waals surface area (Å²) in [6, 6.07) is 19.5. The van der Waals surface area contributed by atoms with Gasteiger partial charge >= 0.3 is 0 Å². The summed E-state index contributed by atoms with van der Waals surface area (Å²) in [5.41, 5.74) is 3.80. The molecular formula is C25H26IN2OS2+. The number of rotatable bonds is 8. The molecule has 0 radical (unpaired) electrons. The summed E-state index contributed by atoms with van der Waals surface area (Å²) in [5.74, 6) is 0.858. The molecule has 1 aromatic heterocycles. The number of anilines is 1. The van der Waals surface area contributed by atoms with Crippen LogP contribution < -0.4 is 9.47 Å². The highest BCUT2D eigenvalue weighted by molar-refractivity contribution is 14.1. The van der Waals surface area contributed by atoms with Crippen molar-refractivity contribution in [1.29, 1.82) is 0 Å². The molecule has 0 amide bonds. The topological polar surface area (TPSA) is 24.2 Å². The quantitative estimate of drug-likeness (QED) is 0.135. The Bertz CT molecular complexity index is 1120. The van der Waals surface area contributed by atoms with Gasteiger partial charge in [0.2, 0.25) is 5.52 Å². The second-order valence-electron chi connectivity index (χ2n) is 7.42. The van der Waals surface area contributed by atoms with Crippen molar-refractivity contribution in [1.82, 2.24) is 0 Å². The fourth-order valence-electron chi connectivity index (χ4n) is 3.82. The minimum Gasteiger partial charge on any atom is -0.335 e. The van der Waals surface area contributed by atoms with Crippen molar-refractivity contribution in [2.45, 2.75) is 31.2 Å². The number of nitrogens with zero attached hydrogens (tertiary/aromatic N) is 2. The summed E-state index contributed by atoms with van der Waals surface area (Å²) in [6.45, 7) is 3.60. The van der Waals surface area contributed by atoms with Gasteiger partial charge in [-0.1, -0.05) is 70.4 Å². The van der Waals surface area contributed by atoms with Crippen LogP contribution in [-0.4, -0.2) is 21.8 Å². The van der Waals surface area contributed by atoms with E-state index in [0.29, 0.717) is 0 Å². The lowest BCUT2D eigenvalue weighted by Gasteiger charge is -2.20. The molecule has 1 aliphatic rings. The smallest absolute Gasteiger partial charge is 0.213 e. The van der Waals surface area contributed by atoms with E-state index in [2.05, 4.69) is 98.9 Å². The van der Waals surface area contributed by atoms with Crippen LogP contribution in [0.4, 0.5) is 5.69 Å². The van der Waals surface area contributed by atoms with Gasteiger partial charge in [0.1, 0.15) is 6.54 Å². The van der Waals surface area contributed by atoms with Gasteiger partial charge in [-0.25, -0.2) is 0 Å². The molecule has 0 unspecified atom stereocenters. The summed E-state index contributed by atoms with van der Waals surface area (Å²) < 4.78 is 3.53. The summed E-state index contributed by atoms with van der Waals surface area (Å²) in [7, 11) is 0. The van der Waals surface area contributed by atoms with Crippen LogP contribution >= 0.6 is 46.1 Å². The fourth-order valence-corrected chi connectivity index (χ4v) is 5.86. The number of pyridine rings is 1. The van der Waals surface area contributed by atoms with Gasteiger partial charge in [0.25, 0.3) is 0 Å². The van der Waals surface area contributed by atoms with E-state index in [9.17, 15) is 4.79 Å². The first-order chi connectivity index (χ1) is 15.2. The molecular weight excluding hydrogens is 535 g/mol. The number of carbonyl (C=O) groups is 1. The van der Waals surface area contributed by atoms with Crippen LogP contribution in [0.5, 0.6) is 0 Å². The molecule has 3 aromatic rings. The van der Waals surface area contributed by atoms with Crippen LogP contribution in [0.25, 0.3) is 17.0 Å². The van der Waals surface area contributed by atoms with Gasteiger partial charge < -0.3 is 4.90 Å². The van der Waals surface area contributed by atoms with E-state index in [1.54, 1.807) is 6.92 Å². The molecule has 4 rings (SSSR count). The van der Waals surface area contributed by atoms with Gasteiger partial charge in [0, 0.05) is 47.1 Å². The molecule has 31 heavy (non-hydrogen) atoms. The predicted molar refractivity (Wildman–Crippen MR) is 143 cm³/mol. The lowest BCUT2D eigenvalue weighted by molar-refractivity contribution is -0.671. The third kappa shape index (κ3) is 5.46. The van der Waals surface area contributed by atoms with E-state index in [1.807, 2.05) is 11.8 Å². The van der Waals surface area contributed by atoms with Crippen molar-refractivity contribution in [3.8, 4) is 0 Å². The Morgan fingerprint density at radius 3 is 2.77 bits per heavy atom. The summed E-state index contributed by atoms with van der Waals surface area (Å²) in [4.78, 5) is 15.0. The van der Waals surface area contributed by atoms with E-state index in [-0.39, 0.29) is 5.12 Å². The number of aryl methyl sites for hydroxylation is 1. The normalized spacial score (nSPS) is 14.4. The molecule has 6 heteroatoms. The van der Waals surface area contributed by atoms with Gasteiger partial charge in [0.15, 0.2) is 11.3 Å². The van der Waals surface area contributed by atoms with Crippen LogP contribution in [0.2, 0.25) is 0 Å². The summed E-state index contributed by atoms with van der Waals surface area (Å²) >= 11 is 5.70. The number of thioether (sulfide) groups is 2. The fraction of sp³-hybridized carbons (Fsp3) is 0.280. The molecule has 0 saturated carbocycles. The highest BCUT2D eigenvalue weighted by atomic mass is 127. The third-order valence-electron chi connectivity index (χ3n) is 5.24. The molecule has 0 spiro atoms. The highest BCUT2D eigenvalue weighted by Gasteiger charge is 2.25. The van der Waals surface area contributed by atoms with Crippen molar-refractivity contribution < 1.29 is 9.36 Å². The summed E-state index contributed by atoms with van der Waals surface area (Å²) in [6.07, 6.45) is 6.70. The standard InChI is InChI=1S/C25H26IN2OS2/c1-19(29)30-17-7-15-28-23-10-4-5-11-24(23)31-25(28)18-20-12-16-27(14-6-13-26)22-9-3-2-8-21(20)22/h2-5,8-12,16,18H,6-7,13-15,17H2,1H3/q+1. The molecule has 2 heterocycles. The number of para-hydroxylation sites is 2. The zero-order chi connectivity index (χ0) is 21.6. The Kier molecular flexibility index (Phi) is 7.96. The summed E-state index contributed by atoms with van der Waals surface area (Å²) in [5, 5.41) is 2.73. The molecule has 1 aliphatic heterocycles. The Labute approximate surface area is 206 Å². The van der Waals surface area contributed by atoms with Gasteiger partial charge in [-0.05, 0) is 36.3 Å². The van der Waals surface area contributed by atoms with E-state index in [0.717, 1.165) is 29.7 Å². The number of carbonyl (C=O) groups excluding carboxylic acids is 1. The number of fused-ring (bicyclic) bond motifs is 2. The second-order valence-corrected chi connectivity index (χ2v) is 10.8. The van der Waals surface area contributed by atoms with Crippen LogP contribution in [0.3, 0.4) is 0 Å². The first-order valence-corrected chi connectivity index (χ1v) is 13.9. The average molecular weight is 562 g/mol. The van der Waals surface area contributed by atoms with Gasteiger partial charge in [-0.3, -0.25) is 4.79 Å². The number of halogens is 1. The molecule has 2 aromatic carbocycles. The van der Waals surface area contributed by atoms with E-state index >= 15 is 0 Å². The van der Waals surface area contributed by atoms with E-state index < -0.39 is 0 Å². The Morgan fingerprint density at radius 2 is 1.94 bits per heavy atom. The van der Waals surface area contributed by atoms with Gasteiger partial charge in [0.05, 0.1) is 16.1 Å². The zero-order valence-electron chi connectivity index (χ0n) is 17.6. The molecule has 3 nitrogen and oxygen atoms in total. The minimum atomic E-state index is 0.193.